The van der Waals surface area contributed by atoms with E-state index in [1.807, 2.05) is 31.2 Å². The van der Waals surface area contributed by atoms with Gasteiger partial charge < -0.3 is 5.73 Å². The maximum absolute atomic E-state index is 11.5. The van der Waals surface area contributed by atoms with E-state index in [1.54, 1.807) is 17.8 Å². The number of aromatic nitrogens is 2. The van der Waals surface area contributed by atoms with Crippen molar-refractivity contribution in [3.63, 3.8) is 0 Å². The van der Waals surface area contributed by atoms with Gasteiger partial charge in [0.05, 0.1) is 18.0 Å². The van der Waals surface area contributed by atoms with Crippen molar-refractivity contribution in [2.45, 2.75) is 20.4 Å². The minimum Gasteiger partial charge on any atom is -0.396 e. The van der Waals surface area contributed by atoms with Crippen LogP contribution in [-0.4, -0.2) is 29.7 Å². The Labute approximate surface area is 119 Å². The highest BCUT2D eigenvalue weighted by molar-refractivity contribution is 7.91. The van der Waals surface area contributed by atoms with Crippen LogP contribution >= 0.6 is 0 Å². The van der Waals surface area contributed by atoms with Gasteiger partial charge >= 0.3 is 0 Å². The second-order valence-electron chi connectivity index (χ2n) is 4.80. The molecule has 0 saturated carbocycles. The second-order valence-corrected chi connectivity index (χ2v) is 7.27. The Morgan fingerprint density at radius 2 is 2.10 bits per heavy atom. The van der Waals surface area contributed by atoms with Crippen LogP contribution in [0, 0.1) is 6.92 Å². The first-order valence-corrected chi connectivity index (χ1v) is 8.34. The number of rotatable bonds is 5. The number of nitrogen functional groups attached to an aromatic ring is 1. The summed E-state index contributed by atoms with van der Waals surface area (Å²) in [5, 5.41) is 4.39. The van der Waals surface area contributed by atoms with Gasteiger partial charge in [0.15, 0.2) is 9.84 Å². The van der Waals surface area contributed by atoms with Crippen LogP contribution in [0.4, 0.5) is 5.69 Å². The fourth-order valence-electron chi connectivity index (χ4n) is 1.95. The van der Waals surface area contributed by atoms with E-state index in [0.29, 0.717) is 17.9 Å². The van der Waals surface area contributed by atoms with Gasteiger partial charge in [0.25, 0.3) is 0 Å². The molecule has 0 radical (unpaired) electrons. The van der Waals surface area contributed by atoms with Gasteiger partial charge in [0, 0.05) is 17.5 Å². The lowest BCUT2D eigenvalue weighted by molar-refractivity contribution is 0.582. The largest absolute Gasteiger partial charge is 0.396 e. The molecular formula is C14H19N3O2S. The van der Waals surface area contributed by atoms with Gasteiger partial charge in [0.2, 0.25) is 0 Å². The van der Waals surface area contributed by atoms with Crippen molar-refractivity contribution in [3.05, 3.63) is 36.0 Å². The van der Waals surface area contributed by atoms with Gasteiger partial charge in [-0.25, -0.2) is 8.42 Å². The normalized spacial score (nSPS) is 11.7. The van der Waals surface area contributed by atoms with Gasteiger partial charge in [0.1, 0.15) is 5.69 Å². The van der Waals surface area contributed by atoms with E-state index < -0.39 is 9.84 Å². The number of anilines is 1. The molecule has 0 saturated heterocycles. The van der Waals surface area contributed by atoms with Gasteiger partial charge in [-0.2, -0.15) is 5.10 Å². The van der Waals surface area contributed by atoms with Crippen molar-refractivity contribution >= 4 is 15.5 Å². The van der Waals surface area contributed by atoms with Crippen LogP contribution in [0.1, 0.15) is 12.5 Å². The Morgan fingerprint density at radius 1 is 1.35 bits per heavy atom. The first-order chi connectivity index (χ1) is 9.41. The Hall–Kier alpha value is -1.82. The molecule has 0 aliphatic rings. The zero-order valence-electron chi connectivity index (χ0n) is 11.7. The Morgan fingerprint density at radius 3 is 2.75 bits per heavy atom. The molecule has 0 bridgehead atoms. The van der Waals surface area contributed by atoms with Crippen LogP contribution in [0.5, 0.6) is 0 Å². The molecule has 5 nitrogen and oxygen atoms in total. The molecule has 2 N–H and O–H groups in total. The number of benzene rings is 1. The highest BCUT2D eigenvalue weighted by atomic mass is 32.2. The van der Waals surface area contributed by atoms with Gasteiger partial charge in [-0.15, -0.1) is 0 Å². The lowest BCUT2D eigenvalue weighted by Crippen LogP contribution is -2.14. The van der Waals surface area contributed by atoms with Crippen molar-refractivity contribution in [2.24, 2.45) is 0 Å². The molecule has 0 unspecified atom stereocenters. The van der Waals surface area contributed by atoms with Crippen molar-refractivity contribution in [3.8, 4) is 11.3 Å². The molecule has 1 heterocycles. The molecule has 0 aliphatic heterocycles. The van der Waals surface area contributed by atoms with Gasteiger partial charge in [-0.3, -0.25) is 4.68 Å². The molecule has 20 heavy (non-hydrogen) atoms. The number of hydrogen-bond donors (Lipinski definition) is 1. The number of nitrogens with two attached hydrogens (primary N) is 1. The first-order valence-electron chi connectivity index (χ1n) is 6.51. The summed E-state index contributed by atoms with van der Waals surface area (Å²) in [5.74, 6) is 0.229. The van der Waals surface area contributed by atoms with E-state index in [2.05, 4.69) is 5.10 Å². The maximum atomic E-state index is 11.5. The van der Waals surface area contributed by atoms with Crippen molar-refractivity contribution in [2.75, 3.05) is 17.2 Å². The summed E-state index contributed by atoms with van der Waals surface area (Å²) in [4.78, 5) is 0. The summed E-state index contributed by atoms with van der Waals surface area (Å²) >= 11 is 0. The predicted molar refractivity (Wildman–Crippen MR) is 81.1 cm³/mol. The Bertz CT molecular complexity index is 705. The molecule has 0 amide bonds. The van der Waals surface area contributed by atoms with Crippen LogP contribution in [0.2, 0.25) is 0 Å². The predicted octanol–water partition coefficient (Wildman–Crippen LogP) is 1.88. The molecule has 0 spiro atoms. The minimum absolute atomic E-state index is 0.0812. The molecule has 2 rings (SSSR count). The van der Waals surface area contributed by atoms with Gasteiger partial charge in [-0.1, -0.05) is 30.7 Å². The highest BCUT2D eigenvalue weighted by Gasteiger charge is 2.11. The summed E-state index contributed by atoms with van der Waals surface area (Å²) < 4.78 is 24.6. The van der Waals surface area contributed by atoms with Crippen LogP contribution in [0.3, 0.4) is 0 Å². The molecule has 6 heteroatoms. The minimum atomic E-state index is -2.99. The van der Waals surface area contributed by atoms with Crippen molar-refractivity contribution < 1.29 is 8.42 Å². The van der Waals surface area contributed by atoms with Crippen LogP contribution < -0.4 is 5.73 Å². The Balaban J connectivity index is 2.22. The van der Waals surface area contributed by atoms with Gasteiger partial charge in [-0.05, 0) is 13.0 Å². The van der Waals surface area contributed by atoms with Crippen molar-refractivity contribution in [1.82, 2.24) is 9.78 Å². The van der Waals surface area contributed by atoms with Crippen molar-refractivity contribution in [1.29, 1.82) is 0 Å². The molecule has 1 aromatic heterocycles. The highest BCUT2D eigenvalue weighted by Crippen LogP contribution is 2.24. The van der Waals surface area contributed by atoms with Crippen LogP contribution in [-0.2, 0) is 16.4 Å². The van der Waals surface area contributed by atoms with Crippen LogP contribution in [0.25, 0.3) is 11.3 Å². The molecule has 108 valence electrons. The third-order valence-electron chi connectivity index (χ3n) is 3.15. The summed E-state index contributed by atoms with van der Waals surface area (Å²) in [7, 11) is -2.99. The number of sulfone groups is 1. The zero-order valence-corrected chi connectivity index (χ0v) is 12.5. The van der Waals surface area contributed by atoms with E-state index in [1.165, 1.54) is 0 Å². The monoisotopic (exact) mass is 293 g/mol. The molecule has 2 aromatic rings. The number of nitrogens with zero attached hydrogens (tertiary/aromatic N) is 2. The first kappa shape index (κ1) is 14.6. The molecule has 0 fully saturated rings. The fourth-order valence-corrected chi connectivity index (χ4v) is 2.70. The van der Waals surface area contributed by atoms with E-state index in [0.717, 1.165) is 11.1 Å². The summed E-state index contributed by atoms with van der Waals surface area (Å²) in [6.45, 7) is 3.97. The topological polar surface area (TPSA) is 78.0 Å². The summed E-state index contributed by atoms with van der Waals surface area (Å²) in [6, 6.07) is 7.90. The second kappa shape index (κ2) is 5.66. The average Bonchev–Trinajstić information content (AvgIpc) is 2.78. The SMILES string of the molecule is CCS(=O)(=O)CCn1cc(N)c(-c2cccc(C)c2)n1. The smallest absolute Gasteiger partial charge is 0.151 e. The molecule has 0 atom stereocenters. The lowest BCUT2D eigenvalue weighted by atomic mass is 10.1. The molecular weight excluding hydrogens is 274 g/mol. The number of aryl methyl sites for hydroxylation is 2. The van der Waals surface area contributed by atoms with E-state index in [-0.39, 0.29) is 11.5 Å². The fraction of sp³-hybridized carbons (Fsp3) is 0.357. The number of hydrogen-bond acceptors (Lipinski definition) is 4. The quantitative estimate of drug-likeness (QED) is 0.913. The Kier molecular flexibility index (Phi) is 4.13. The van der Waals surface area contributed by atoms with E-state index in [9.17, 15) is 8.42 Å². The van der Waals surface area contributed by atoms with Crippen LogP contribution in [0.15, 0.2) is 30.5 Å². The molecule has 0 aliphatic carbocycles. The standard InChI is InChI=1S/C14H19N3O2S/c1-3-20(18,19)8-7-17-10-13(15)14(16-17)12-6-4-5-11(2)9-12/h4-6,9-10H,3,7-8,15H2,1-2H3. The third-order valence-corrected chi connectivity index (χ3v) is 4.84. The summed E-state index contributed by atoms with van der Waals surface area (Å²) in [5.41, 5.74) is 9.29. The van der Waals surface area contributed by atoms with E-state index >= 15 is 0 Å². The third kappa shape index (κ3) is 3.39. The zero-order chi connectivity index (χ0) is 14.8. The lowest BCUT2D eigenvalue weighted by Gasteiger charge is -2.02. The van der Waals surface area contributed by atoms with E-state index in [4.69, 9.17) is 5.73 Å². The maximum Gasteiger partial charge on any atom is 0.151 e. The average molecular weight is 293 g/mol. The summed E-state index contributed by atoms with van der Waals surface area (Å²) in [6.07, 6.45) is 1.68. The molecule has 1 aromatic carbocycles.